The fourth-order valence-corrected chi connectivity index (χ4v) is 1.54. The molecule has 5 heteroatoms. The number of hydrogen-bond acceptors (Lipinski definition) is 4. The topological polar surface area (TPSA) is 78.7 Å². The lowest BCUT2D eigenvalue weighted by molar-refractivity contribution is -0.117. The predicted octanol–water partition coefficient (Wildman–Crippen LogP) is 1.70. The predicted molar refractivity (Wildman–Crippen MR) is 73.9 cm³/mol. The van der Waals surface area contributed by atoms with Gasteiger partial charge >= 0.3 is 0 Å². The number of pyridine rings is 2. The molecule has 0 saturated heterocycles. The van der Waals surface area contributed by atoms with Gasteiger partial charge in [-0.05, 0) is 29.8 Å². The van der Waals surface area contributed by atoms with Crippen molar-refractivity contribution >= 4 is 12.0 Å². The van der Waals surface area contributed by atoms with E-state index < -0.39 is 5.91 Å². The Morgan fingerprint density at radius 2 is 2.20 bits per heavy atom. The third-order valence-corrected chi connectivity index (χ3v) is 2.52. The molecule has 0 unspecified atom stereocenters. The monoisotopic (exact) mass is 264 g/mol. The van der Waals surface area contributed by atoms with E-state index in [2.05, 4.69) is 15.3 Å². The van der Waals surface area contributed by atoms with Crippen molar-refractivity contribution in [1.82, 2.24) is 15.3 Å². The molecule has 2 rings (SSSR count). The van der Waals surface area contributed by atoms with Crippen molar-refractivity contribution in [2.45, 2.75) is 6.54 Å². The molecular formula is C15H12N4O. The van der Waals surface area contributed by atoms with E-state index in [1.165, 1.54) is 6.08 Å². The van der Waals surface area contributed by atoms with Crippen LogP contribution < -0.4 is 5.32 Å². The highest BCUT2D eigenvalue weighted by Crippen LogP contribution is 2.04. The van der Waals surface area contributed by atoms with Crippen molar-refractivity contribution in [1.29, 1.82) is 5.26 Å². The second kappa shape index (κ2) is 6.81. The molecule has 1 amide bonds. The van der Waals surface area contributed by atoms with E-state index in [0.29, 0.717) is 12.2 Å². The third-order valence-electron chi connectivity index (χ3n) is 2.52. The lowest BCUT2D eigenvalue weighted by Crippen LogP contribution is -2.24. The second-order valence-electron chi connectivity index (χ2n) is 3.97. The SMILES string of the molecule is N#C/C(=C\c1ccccn1)C(=O)NCc1cccnc1. The average molecular weight is 264 g/mol. The average Bonchev–Trinajstić information content (AvgIpc) is 2.52. The van der Waals surface area contributed by atoms with Crippen molar-refractivity contribution in [3.8, 4) is 6.07 Å². The highest BCUT2D eigenvalue weighted by molar-refractivity contribution is 6.01. The Balaban J connectivity index is 2.03. The van der Waals surface area contributed by atoms with E-state index >= 15 is 0 Å². The molecule has 20 heavy (non-hydrogen) atoms. The van der Waals surface area contributed by atoms with Crippen molar-refractivity contribution in [2.75, 3.05) is 0 Å². The fourth-order valence-electron chi connectivity index (χ4n) is 1.54. The van der Waals surface area contributed by atoms with E-state index in [0.717, 1.165) is 5.56 Å². The minimum absolute atomic E-state index is 0.0209. The fraction of sp³-hybridized carbons (Fsp3) is 0.0667. The molecule has 2 aromatic heterocycles. The normalized spacial score (nSPS) is 10.7. The Morgan fingerprint density at radius 3 is 2.85 bits per heavy atom. The summed E-state index contributed by atoms with van der Waals surface area (Å²) in [5.74, 6) is -0.429. The molecule has 0 atom stereocenters. The Labute approximate surface area is 116 Å². The summed E-state index contributed by atoms with van der Waals surface area (Å²) in [6.07, 6.45) is 6.38. The van der Waals surface area contributed by atoms with E-state index in [9.17, 15) is 4.79 Å². The third kappa shape index (κ3) is 3.75. The molecule has 1 N–H and O–H groups in total. The molecule has 5 nitrogen and oxygen atoms in total. The zero-order valence-corrected chi connectivity index (χ0v) is 10.7. The maximum atomic E-state index is 11.9. The van der Waals surface area contributed by atoms with Gasteiger partial charge in [-0.1, -0.05) is 12.1 Å². The van der Waals surface area contributed by atoms with Gasteiger partial charge in [-0.3, -0.25) is 14.8 Å². The van der Waals surface area contributed by atoms with Gasteiger partial charge in [0, 0.05) is 25.1 Å². The zero-order chi connectivity index (χ0) is 14.2. The number of aromatic nitrogens is 2. The van der Waals surface area contributed by atoms with Crippen LogP contribution in [0.15, 0.2) is 54.5 Å². The first-order chi connectivity index (χ1) is 9.79. The van der Waals surface area contributed by atoms with Crippen molar-refractivity contribution in [3.05, 3.63) is 65.8 Å². The smallest absolute Gasteiger partial charge is 0.262 e. The van der Waals surface area contributed by atoms with Gasteiger partial charge in [-0.15, -0.1) is 0 Å². The highest BCUT2D eigenvalue weighted by atomic mass is 16.1. The van der Waals surface area contributed by atoms with Crippen LogP contribution in [0.2, 0.25) is 0 Å². The summed E-state index contributed by atoms with van der Waals surface area (Å²) in [7, 11) is 0. The van der Waals surface area contributed by atoms with Crippen LogP contribution in [0.5, 0.6) is 0 Å². The lowest BCUT2D eigenvalue weighted by Gasteiger charge is -2.03. The zero-order valence-electron chi connectivity index (χ0n) is 10.7. The lowest BCUT2D eigenvalue weighted by atomic mass is 10.2. The summed E-state index contributed by atoms with van der Waals surface area (Å²) in [5.41, 5.74) is 1.46. The van der Waals surface area contributed by atoms with Crippen molar-refractivity contribution in [3.63, 3.8) is 0 Å². The van der Waals surface area contributed by atoms with Crippen molar-refractivity contribution < 1.29 is 4.79 Å². The first-order valence-corrected chi connectivity index (χ1v) is 5.99. The molecule has 0 aliphatic rings. The number of hydrogen-bond donors (Lipinski definition) is 1. The number of nitrogens with zero attached hydrogens (tertiary/aromatic N) is 3. The van der Waals surface area contributed by atoms with Gasteiger partial charge in [-0.2, -0.15) is 5.26 Å². The van der Waals surface area contributed by atoms with Crippen molar-refractivity contribution in [2.24, 2.45) is 0 Å². The summed E-state index contributed by atoms with van der Waals surface area (Å²) in [4.78, 5) is 19.9. The van der Waals surface area contributed by atoms with Gasteiger partial charge in [0.1, 0.15) is 11.6 Å². The highest BCUT2D eigenvalue weighted by Gasteiger charge is 2.08. The van der Waals surface area contributed by atoms with Gasteiger partial charge in [0.25, 0.3) is 5.91 Å². The van der Waals surface area contributed by atoms with Gasteiger partial charge in [-0.25, -0.2) is 0 Å². The maximum absolute atomic E-state index is 11.9. The number of carbonyl (C=O) groups excluding carboxylic acids is 1. The van der Waals surface area contributed by atoms with E-state index in [4.69, 9.17) is 5.26 Å². The summed E-state index contributed by atoms with van der Waals surface area (Å²) in [6, 6.07) is 10.8. The van der Waals surface area contributed by atoms with Gasteiger partial charge in [0.15, 0.2) is 0 Å². The van der Waals surface area contributed by atoms with Crippen LogP contribution in [-0.4, -0.2) is 15.9 Å². The molecule has 0 aromatic carbocycles. The maximum Gasteiger partial charge on any atom is 0.262 e. The Morgan fingerprint density at radius 1 is 1.30 bits per heavy atom. The van der Waals surface area contributed by atoms with Gasteiger partial charge in [0.05, 0.1) is 5.69 Å². The van der Waals surface area contributed by atoms with Crippen LogP contribution in [0, 0.1) is 11.3 Å². The van der Waals surface area contributed by atoms with E-state index in [-0.39, 0.29) is 5.57 Å². The summed E-state index contributed by atoms with van der Waals surface area (Å²) in [5, 5.41) is 11.7. The molecule has 0 spiro atoms. The van der Waals surface area contributed by atoms with Crippen LogP contribution in [0.25, 0.3) is 6.08 Å². The second-order valence-corrected chi connectivity index (χ2v) is 3.97. The summed E-state index contributed by atoms with van der Waals surface area (Å²) >= 11 is 0. The first-order valence-electron chi connectivity index (χ1n) is 5.99. The molecule has 0 bridgehead atoms. The van der Waals surface area contributed by atoms with Gasteiger partial charge in [0.2, 0.25) is 0 Å². The number of nitrogens with one attached hydrogen (secondary N) is 1. The molecule has 2 aromatic rings. The van der Waals surface area contributed by atoms with E-state index in [1.54, 1.807) is 42.9 Å². The van der Waals surface area contributed by atoms with Crippen LogP contribution in [0.3, 0.4) is 0 Å². The number of nitriles is 1. The molecule has 0 aliphatic carbocycles. The van der Waals surface area contributed by atoms with Crippen LogP contribution >= 0.6 is 0 Å². The molecular weight excluding hydrogens is 252 g/mol. The molecule has 0 radical (unpaired) electrons. The molecule has 2 heterocycles. The first kappa shape index (κ1) is 13.4. The number of amides is 1. The Kier molecular flexibility index (Phi) is 4.57. The Hall–Kier alpha value is -3.00. The van der Waals surface area contributed by atoms with Crippen LogP contribution in [0.4, 0.5) is 0 Å². The van der Waals surface area contributed by atoms with Crippen LogP contribution in [0.1, 0.15) is 11.3 Å². The van der Waals surface area contributed by atoms with E-state index in [1.807, 2.05) is 12.1 Å². The quantitative estimate of drug-likeness (QED) is 0.673. The minimum Gasteiger partial charge on any atom is -0.347 e. The largest absolute Gasteiger partial charge is 0.347 e. The van der Waals surface area contributed by atoms with Gasteiger partial charge < -0.3 is 5.32 Å². The number of rotatable bonds is 4. The van der Waals surface area contributed by atoms with Crippen LogP contribution in [-0.2, 0) is 11.3 Å². The Bertz CT molecular complexity index is 645. The standard InChI is InChI=1S/C15H12N4O/c16-9-13(8-14-5-1-2-7-18-14)15(20)19-11-12-4-3-6-17-10-12/h1-8,10H,11H2,(H,19,20)/b13-8+. The summed E-state index contributed by atoms with van der Waals surface area (Å²) in [6.45, 7) is 0.327. The molecule has 98 valence electrons. The summed E-state index contributed by atoms with van der Waals surface area (Å²) < 4.78 is 0. The minimum atomic E-state index is -0.429. The molecule has 0 fully saturated rings. The number of carbonyl (C=O) groups is 1. The molecule has 0 saturated carbocycles. The molecule has 0 aliphatic heterocycles.